The second-order valence-corrected chi connectivity index (χ2v) is 7.08. The highest BCUT2D eigenvalue weighted by molar-refractivity contribution is 5.79. The van der Waals surface area contributed by atoms with Gasteiger partial charge in [-0.3, -0.25) is 9.67 Å². The Hall–Kier alpha value is -2.54. The van der Waals surface area contributed by atoms with Gasteiger partial charge in [0.25, 0.3) is 0 Å². The van der Waals surface area contributed by atoms with Crippen LogP contribution in [0.5, 0.6) is 5.75 Å². The highest BCUT2D eigenvalue weighted by Gasteiger charge is 2.22. The molecule has 27 heavy (non-hydrogen) atoms. The van der Waals surface area contributed by atoms with E-state index in [0.717, 1.165) is 36.8 Å². The molecular formula is C20H30N6O. The first-order chi connectivity index (χ1) is 13.1. The molecule has 1 aromatic carbocycles. The molecule has 3 rings (SSSR count). The summed E-state index contributed by atoms with van der Waals surface area (Å²) in [5.41, 5.74) is 2.44. The molecule has 1 aliphatic rings. The topological polar surface area (TPSA) is 66.7 Å². The van der Waals surface area contributed by atoms with Crippen molar-refractivity contribution in [2.75, 3.05) is 33.7 Å². The molecule has 7 nitrogen and oxygen atoms in total. The van der Waals surface area contributed by atoms with Crippen LogP contribution in [0.2, 0.25) is 0 Å². The average Bonchev–Trinajstić information content (AvgIpc) is 3.25. The second-order valence-electron chi connectivity index (χ2n) is 7.08. The molecule has 0 spiro atoms. The van der Waals surface area contributed by atoms with E-state index >= 15 is 0 Å². The van der Waals surface area contributed by atoms with Crippen molar-refractivity contribution in [1.29, 1.82) is 0 Å². The number of aliphatic imine (C=N–C) groups is 1. The van der Waals surface area contributed by atoms with E-state index in [0.29, 0.717) is 6.54 Å². The fraction of sp³-hybridized carbons (Fsp3) is 0.500. The van der Waals surface area contributed by atoms with E-state index in [4.69, 9.17) is 9.73 Å². The number of nitrogens with zero attached hydrogens (tertiary/aromatic N) is 4. The van der Waals surface area contributed by atoms with E-state index in [2.05, 4.69) is 53.8 Å². The van der Waals surface area contributed by atoms with Gasteiger partial charge in [0.1, 0.15) is 11.9 Å². The first-order valence-electron chi connectivity index (χ1n) is 9.48. The fourth-order valence-corrected chi connectivity index (χ4v) is 3.28. The Kier molecular flexibility index (Phi) is 6.34. The van der Waals surface area contributed by atoms with Gasteiger partial charge in [0.05, 0.1) is 25.3 Å². The van der Waals surface area contributed by atoms with Gasteiger partial charge in [-0.1, -0.05) is 18.2 Å². The number of aryl methyl sites for hydroxylation is 1. The zero-order chi connectivity index (χ0) is 19.2. The minimum absolute atomic E-state index is 0.134. The maximum absolute atomic E-state index is 6.01. The molecule has 1 aromatic heterocycles. The second kappa shape index (κ2) is 8.90. The van der Waals surface area contributed by atoms with Crippen molar-refractivity contribution in [2.24, 2.45) is 12.0 Å². The number of ether oxygens (including phenoxy) is 1. The Bertz CT molecular complexity index is 744. The van der Waals surface area contributed by atoms with Crippen molar-refractivity contribution < 1.29 is 4.74 Å². The van der Waals surface area contributed by atoms with Crippen molar-refractivity contribution in [3.8, 4) is 5.75 Å². The van der Waals surface area contributed by atoms with E-state index in [1.165, 1.54) is 5.56 Å². The lowest BCUT2D eigenvalue weighted by molar-refractivity contribution is 0.234. The van der Waals surface area contributed by atoms with Gasteiger partial charge in [-0.2, -0.15) is 5.10 Å². The summed E-state index contributed by atoms with van der Waals surface area (Å²) in [7, 11) is 6.07. The maximum atomic E-state index is 6.01. The van der Waals surface area contributed by atoms with Crippen LogP contribution < -0.4 is 15.4 Å². The third-order valence-corrected chi connectivity index (χ3v) is 4.71. The number of nitrogens with one attached hydrogen (secondary N) is 2. The van der Waals surface area contributed by atoms with Crippen molar-refractivity contribution >= 4 is 5.96 Å². The number of likely N-dealkylation sites (N-methyl/N-ethyl adjacent to an activating group) is 1. The average molecular weight is 371 g/mol. The summed E-state index contributed by atoms with van der Waals surface area (Å²) < 4.78 is 7.83. The van der Waals surface area contributed by atoms with Gasteiger partial charge < -0.3 is 20.3 Å². The normalized spacial score (nSPS) is 17.5. The van der Waals surface area contributed by atoms with E-state index in [1.54, 1.807) is 0 Å². The molecule has 2 heterocycles. The van der Waals surface area contributed by atoms with E-state index in [-0.39, 0.29) is 12.1 Å². The largest absolute Gasteiger partial charge is 0.488 e. The van der Waals surface area contributed by atoms with Crippen LogP contribution in [0.25, 0.3) is 0 Å². The zero-order valence-electron chi connectivity index (χ0n) is 16.6. The third kappa shape index (κ3) is 5.01. The van der Waals surface area contributed by atoms with Crippen LogP contribution in [0.3, 0.4) is 0 Å². The van der Waals surface area contributed by atoms with Gasteiger partial charge in [-0.25, -0.2) is 0 Å². The van der Waals surface area contributed by atoms with Crippen LogP contribution in [-0.4, -0.2) is 60.5 Å². The van der Waals surface area contributed by atoms with E-state index < -0.39 is 0 Å². The van der Waals surface area contributed by atoms with E-state index in [9.17, 15) is 0 Å². The zero-order valence-corrected chi connectivity index (χ0v) is 16.6. The van der Waals surface area contributed by atoms with Gasteiger partial charge in [0.2, 0.25) is 0 Å². The van der Waals surface area contributed by atoms with Crippen LogP contribution in [0, 0.1) is 0 Å². The van der Waals surface area contributed by atoms with Gasteiger partial charge in [-0.05, 0) is 32.6 Å². The molecule has 0 saturated heterocycles. The molecule has 0 radical (unpaired) electrons. The lowest BCUT2D eigenvalue weighted by atomic mass is 10.1. The summed E-state index contributed by atoms with van der Waals surface area (Å²) in [6.07, 6.45) is 5.02. The number of benzene rings is 1. The number of para-hydroxylation sites is 1. The number of hydrogen-bond donors (Lipinski definition) is 2. The number of fused-ring (bicyclic) bond motifs is 1. The van der Waals surface area contributed by atoms with Crippen molar-refractivity contribution in [2.45, 2.75) is 25.5 Å². The summed E-state index contributed by atoms with van der Waals surface area (Å²) >= 11 is 0. The summed E-state index contributed by atoms with van der Waals surface area (Å²) in [6, 6.07) is 8.42. The van der Waals surface area contributed by atoms with Crippen LogP contribution in [0.4, 0.5) is 0 Å². The molecular weight excluding hydrogens is 340 g/mol. The molecule has 2 atom stereocenters. The number of hydrogen-bond acceptors (Lipinski definition) is 4. The molecule has 0 amide bonds. The molecule has 2 N–H and O–H groups in total. The van der Waals surface area contributed by atoms with Gasteiger partial charge in [0.15, 0.2) is 5.96 Å². The SMILES string of the molecule is CCNC(=NCC(c1cnn(C)c1)N(C)C)NCC1Cc2ccccc2O1. The highest BCUT2D eigenvalue weighted by Crippen LogP contribution is 2.27. The highest BCUT2D eigenvalue weighted by atomic mass is 16.5. The Morgan fingerprint density at radius 2 is 2.19 bits per heavy atom. The van der Waals surface area contributed by atoms with Crippen molar-refractivity contribution in [1.82, 2.24) is 25.3 Å². The Balaban J connectivity index is 1.59. The molecule has 7 heteroatoms. The smallest absolute Gasteiger partial charge is 0.191 e. The molecule has 0 aliphatic carbocycles. The maximum Gasteiger partial charge on any atom is 0.191 e. The van der Waals surface area contributed by atoms with Crippen LogP contribution in [0.15, 0.2) is 41.7 Å². The summed E-state index contributed by atoms with van der Waals surface area (Å²) in [5.74, 6) is 1.81. The number of guanidine groups is 1. The minimum atomic E-state index is 0.134. The van der Waals surface area contributed by atoms with Crippen LogP contribution in [0.1, 0.15) is 24.1 Å². The summed E-state index contributed by atoms with van der Waals surface area (Å²) in [6.45, 7) is 4.26. The number of rotatable bonds is 7. The van der Waals surface area contributed by atoms with Crippen molar-refractivity contribution in [3.63, 3.8) is 0 Å². The molecule has 0 fully saturated rings. The lowest BCUT2D eigenvalue weighted by Gasteiger charge is -2.22. The van der Waals surface area contributed by atoms with Gasteiger partial charge in [-0.15, -0.1) is 0 Å². The van der Waals surface area contributed by atoms with Gasteiger partial charge >= 0.3 is 0 Å². The van der Waals surface area contributed by atoms with Crippen LogP contribution >= 0.6 is 0 Å². The minimum Gasteiger partial charge on any atom is -0.488 e. The molecule has 2 unspecified atom stereocenters. The molecule has 0 bridgehead atoms. The van der Waals surface area contributed by atoms with E-state index in [1.807, 2.05) is 36.3 Å². The first kappa shape index (κ1) is 19.2. The van der Waals surface area contributed by atoms with Gasteiger partial charge in [0, 0.05) is 31.8 Å². The molecule has 0 saturated carbocycles. The molecule has 146 valence electrons. The number of aromatic nitrogens is 2. The van der Waals surface area contributed by atoms with Crippen LogP contribution in [-0.2, 0) is 13.5 Å². The molecule has 1 aliphatic heterocycles. The monoisotopic (exact) mass is 370 g/mol. The summed E-state index contributed by atoms with van der Waals surface area (Å²) in [4.78, 5) is 6.96. The Morgan fingerprint density at radius 3 is 2.85 bits per heavy atom. The molecule has 2 aromatic rings. The summed E-state index contributed by atoms with van der Waals surface area (Å²) in [5, 5.41) is 11.0. The predicted octanol–water partition coefficient (Wildman–Crippen LogP) is 1.58. The fourth-order valence-electron chi connectivity index (χ4n) is 3.28. The Labute approximate surface area is 161 Å². The lowest BCUT2D eigenvalue weighted by Crippen LogP contribution is -2.42. The quantitative estimate of drug-likeness (QED) is 0.572. The first-order valence-corrected chi connectivity index (χ1v) is 9.48. The third-order valence-electron chi connectivity index (χ3n) is 4.71. The predicted molar refractivity (Wildman–Crippen MR) is 108 cm³/mol. The van der Waals surface area contributed by atoms with Crippen molar-refractivity contribution in [3.05, 3.63) is 47.8 Å². The Morgan fingerprint density at radius 1 is 1.37 bits per heavy atom. The standard InChI is InChI=1S/C20H30N6O/c1-5-21-20(22-12-17-10-15-8-6-7-9-19(15)27-17)23-13-18(25(2)3)16-11-24-26(4)14-16/h6-9,11,14,17-18H,5,10,12-13H2,1-4H3,(H2,21,22,23).